The Morgan fingerprint density at radius 3 is 2.54 bits per heavy atom. The Balaban J connectivity index is 1.70. The molecule has 1 aromatic rings. The van der Waals surface area contributed by atoms with E-state index in [2.05, 4.69) is 10.6 Å². The lowest BCUT2D eigenvalue weighted by Crippen LogP contribution is -2.67. The van der Waals surface area contributed by atoms with Gasteiger partial charge in [-0.05, 0) is 42.6 Å². The highest BCUT2D eigenvalue weighted by molar-refractivity contribution is 6.68. The molecule has 4 rings (SSSR count). The summed E-state index contributed by atoms with van der Waals surface area (Å²) in [5.41, 5.74) is -1.05. The van der Waals surface area contributed by atoms with Gasteiger partial charge in [-0.25, -0.2) is 4.79 Å². The molecule has 0 radical (unpaired) electrons. The van der Waals surface area contributed by atoms with Gasteiger partial charge in [-0.3, -0.25) is 14.4 Å². The van der Waals surface area contributed by atoms with E-state index in [-0.39, 0.29) is 12.2 Å². The lowest BCUT2D eigenvalue weighted by atomic mass is 9.43. The minimum absolute atomic E-state index is 0.0217. The number of ketones is 1. The summed E-state index contributed by atoms with van der Waals surface area (Å²) in [7, 11) is 1.27. The van der Waals surface area contributed by atoms with Crippen molar-refractivity contribution in [1.29, 1.82) is 0 Å². The Morgan fingerprint density at radius 1 is 1.24 bits per heavy atom. The molecule has 10 nitrogen and oxygen atoms in total. The topological polar surface area (TPSA) is 144 Å². The first-order valence-corrected chi connectivity index (χ1v) is 13.0. The number of esters is 2. The highest BCUT2D eigenvalue weighted by atomic mass is 35.6. The lowest BCUT2D eigenvalue weighted by Gasteiger charge is -2.61. The largest absolute Gasteiger partial charge is 0.472 e. The number of carbonyl (C=O) groups is 4. The van der Waals surface area contributed by atoms with Gasteiger partial charge in [0.2, 0.25) is 3.79 Å². The second-order valence-electron chi connectivity index (χ2n) is 10.6. The quantitative estimate of drug-likeness (QED) is 0.280. The molecule has 8 atom stereocenters. The Bertz CT molecular complexity index is 1080. The molecule has 3 N–H and O–H groups in total. The minimum atomic E-state index is -2.20. The lowest BCUT2D eigenvalue weighted by molar-refractivity contribution is -0.203. The van der Waals surface area contributed by atoms with Crippen LogP contribution in [0.15, 0.2) is 23.0 Å². The maximum absolute atomic E-state index is 14.1. The molecule has 0 spiro atoms. The SMILES string of the molecule is COC(=O)[C@@H]1C[C@H](NC(=O)NC(O)C(Cl)(Cl)Cl)C(=O)C2[C@@]1(C)CC[C@H]1C(=O)O[C@H](c3ccoc3)C[C@]21C. The number of cyclic esters (lactones) is 1. The number of aliphatic hydroxyl groups is 1. The zero-order chi connectivity index (χ0) is 27.3. The molecule has 2 unspecified atom stereocenters. The molecule has 1 saturated heterocycles. The predicted octanol–water partition coefficient (Wildman–Crippen LogP) is 3.42. The smallest absolute Gasteiger partial charge is 0.317 e. The maximum atomic E-state index is 14.1. The second-order valence-corrected chi connectivity index (χ2v) is 12.9. The molecule has 2 amide bonds. The van der Waals surface area contributed by atoms with Gasteiger partial charge in [0.25, 0.3) is 0 Å². The summed E-state index contributed by atoms with van der Waals surface area (Å²) < 4.78 is 13.8. The molecule has 2 saturated carbocycles. The van der Waals surface area contributed by atoms with Crippen LogP contribution in [-0.4, -0.2) is 52.0 Å². The first-order valence-electron chi connectivity index (χ1n) is 11.9. The van der Waals surface area contributed by atoms with Crippen LogP contribution in [0.4, 0.5) is 4.79 Å². The number of methoxy groups -OCH3 is 1. The monoisotopic (exact) mass is 578 g/mol. The van der Waals surface area contributed by atoms with Crippen molar-refractivity contribution >= 4 is 58.6 Å². The highest BCUT2D eigenvalue weighted by Crippen LogP contribution is 2.65. The van der Waals surface area contributed by atoms with Crippen molar-refractivity contribution in [3.63, 3.8) is 0 Å². The number of fused-ring (bicyclic) bond motifs is 3. The van der Waals surface area contributed by atoms with Gasteiger partial charge < -0.3 is 29.6 Å². The third-order valence-electron chi connectivity index (χ3n) is 8.43. The predicted molar refractivity (Wildman–Crippen MR) is 131 cm³/mol. The third-order valence-corrected chi connectivity index (χ3v) is 9.05. The summed E-state index contributed by atoms with van der Waals surface area (Å²) >= 11 is 16.8. The number of hydrogen-bond donors (Lipinski definition) is 3. The van der Waals surface area contributed by atoms with Crippen LogP contribution < -0.4 is 10.6 Å². The maximum Gasteiger partial charge on any atom is 0.317 e. The van der Waals surface area contributed by atoms with Crippen molar-refractivity contribution < 1.29 is 38.2 Å². The van der Waals surface area contributed by atoms with E-state index in [1.54, 1.807) is 6.07 Å². The van der Waals surface area contributed by atoms with Crippen LogP contribution in [0.5, 0.6) is 0 Å². The summed E-state index contributed by atoms with van der Waals surface area (Å²) in [5.74, 6) is -3.36. The molecule has 37 heavy (non-hydrogen) atoms. The van der Waals surface area contributed by atoms with Gasteiger partial charge in [-0.1, -0.05) is 48.7 Å². The number of aliphatic hydroxyl groups excluding tert-OH is 1. The van der Waals surface area contributed by atoms with Crippen molar-refractivity contribution in [1.82, 2.24) is 10.6 Å². The van der Waals surface area contributed by atoms with Crippen LogP contribution >= 0.6 is 34.8 Å². The average Bonchev–Trinajstić information content (AvgIpc) is 3.34. The number of hydrogen-bond acceptors (Lipinski definition) is 8. The fourth-order valence-electron chi connectivity index (χ4n) is 6.73. The van der Waals surface area contributed by atoms with E-state index in [9.17, 15) is 24.3 Å². The fourth-order valence-corrected chi connectivity index (χ4v) is 6.89. The van der Waals surface area contributed by atoms with Gasteiger partial charge in [-0.15, -0.1) is 0 Å². The van der Waals surface area contributed by atoms with Gasteiger partial charge >= 0.3 is 18.0 Å². The molecule has 2 aliphatic carbocycles. The molecular weight excluding hydrogens is 551 g/mol. The van der Waals surface area contributed by atoms with Gasteiger partial charge in [0.1, 0.15) is 6.10 Å². The van der Waals surface area contributed by atoms with Gasteiger partial charge in [0, 0.05) is 11.5 Å². The van der Waals surface area contributed by atoms with Gasteiger partial charge in [0.05, 0.1) is 37.5 Å². The molecule has 3 aliphatic rings. The van der Waals surface area contributed by atoms with Crippen LogP contribution in [0.3, 0.4) is 0 Å². The molecular formula is C24H29Cl3N2O8. The van der Waals surface area contributed by atoms with E-state index in [0.29, 0.717) is 24.8 Å². The Labute approximate surface area is 228 Å². The van der Waals surface area contributed by atoms with Crippen LogP contribution in [0.25, 0.3) is 0 Å². The van der Waals surface area contributed by atoms with E-state index < -0.39 is 68.7 Å². The number of amides is 2. The Morgan fingerprint density at radius 2 is 1.95 bits per heavy atom. The van der Waals surface area contributed by atoms with Gasteiger partial charge in [-0.2, -0.15) is 0 Å². The Kier molecular flexibility index (Phi) is 7.53. The standard InChI is InChI=1S/C24H29Cl3N2O8/c1-22-6-4-12-19(32)37-15(11-5-7-36-10-11)9-23(12,2)17(22)16(30)14(8-13(22)18(31)35-3)28-21(34)29-20(33)24(25,26)27/h5,7,10,12-15,17,20,33H,4,6,8-9H2,1-3H3,(H2,28,29,34)/t12-,13-,14-,15-,17?,20?,22-,23-/m0/s1. The zero-order valence-electron chi connectivity index (χ0n) is 20.5. The number of furan rings is 1. The van der Waals surface area contributed by atoms with Crippen LogP contribution in [0.2, 0.25) is 0 Å². The molecule has 13 heteroatoms. The van der Waals surface area contributed by atoms with E-state index in [0.717, 1.165) is 0 Å². The number of nitrogens with one attached hydrogen (secondary N) is 2. The number of rotatable bonds is 4. The van der Waals surface area contributed by atoms with E-state index in [4.69, 9.17) is 48.7 Å². The van der Waals surface area contributed by atoms with Crippen LogP contribution in [0, 0.1) is 28.6 Å². The molecule has 0 bridgehead atoms. The summed E-state index contributed by atoms with van der Waals surface area (Å²) in [6.07, 6.45) is 1.66. The normalized spacial score (nSPS) is 36.5. The first kappa shape index (κ1) is 28.0. The highest BCUT2D eigenvalue weighted by Gasteiger charge is 2.67. The molecule has 1 aliphatic heterocycles. The van der Waals surface area contributed by atoms with E-state index >= 15 is 0 Å². The van der Waals surface area contributed by atoms with Crippen molar-refractivity contribution in [3.05, 3.63) is 24.2 Å². The van der Waals surface area contributed by atoms with Crippen LogP contribution in [0.1, 0.15) is 51.2 Å². The zero-order valence-corrected chi connectivity index (χ0v) is 22.7. The third kappa shape index (κ3) is 4.93. The minimum Gasteiger partial charge on any atom is -0.472 e. The molecule has 1 aromatic heterocycles. The molecule has 204 valence electrons. The molecule has 0 aromatic carbocycles. The number of Topliss-reactive ketones (excluding diaryl/α,β-unsaturated/α-hetero) is 1. The number of halogens is 3. The van der Waals surface area contributed by atoms with Crippen molar-refractivity contribution in [2.24, 2.45) is 28.6 Å². The number of urea groups is 1. The second kappa shape index (κ2) is 9.94. The summed E-state index contributed by atoms with van der Waals surface area (Å²) in [6.45, 7) is 3.74. The Hall–Kier alpha value is -2.01. The van der Waals surface area contributed by atoms with Crippen molar-refractivity contribution in [2.45, 2.75) is 61.7 Å². The van der Waals surface area contributed by atoms with Crippen molar-refractivity contribution in [2.75, 3.05) is 7.11 Å². The first-order chi connectivity index (χ1) is 17.2. The van der Waals surface area contributed by atoms with Crippen molar-refractivity contribution in [3.8, 4) is 0 Å². The molecule has 3 fully saturated rings. The van der Waals surface area contributed by atoms with E-state index in [1.807, 2.05) is 13.8 Å². The average molecular weight is 580 g/mol. The number of ether oxygens (including phenoxy) is 2. The van der Waals surface area contributed by atoms with Gasteiger partial charge in [0.15, 0.2) is 12.0 Å². The summed E-state index contributed by atoms with van der Waals surface area (Å²) in [5, 5.41) is 14.5. The van der Waals surface area contributed by atoms with E-state index in [1.165, 1.54) is 19.6 Å². The fraction of sp³-hybridized carbons (Fsp3) is 0.667. The van der Waals surface area contributed by atoms with Crippen LogP contribution in [-0.2, 0) is 23.9 Å². The number of carbonyl (C=O) groups excluding carboxylic acids is 4. The summed E-state index contributed by atoms with van der Waals surface area (Å²) in [6, 6.07) is -0.374. The molecule has 2 heterocycles. The summed E-state index contributed by atoms with van der Waals surface area (Å²) in [4.78, 5) is 52.9. The number of alkyl halides is 3.